The van der Waals surface area contributed by atoms with Gasteiger partial charge >= 0.3 is 0 Å². The van der Waals surface area contributed by atoms with E-state index in [4.69, 9.17) is 0 Å². The quantitative estimate of drug-likeness (QED) is 0.709. The van der Waals surface area contributed by atoms with Crippen molar-refractivity contribution in [2.24, 2.45) is 0 Å². The molecule has 0 bridgehead atoms. The Labute approximate surface area is 155 Å². The first-order valence-corrected chi connectivity index (χ1v) is 9.86. The number of benzene rings is 1. The van der Waals surface area contributed by atoms with Crippen molar-refractivity contribution in [1.82, 2.24) is 9.78 Å². The van der Waals surface area contributed by atoms with Crippen molar-refractivity contribution >= 4 is 11.8 Å². The summed E-state index contributed by atoms with van der Waals surface area (Å²) in [5.74, 6) is 0.845. The molecule has 0 spiro atoms. The van der Waals surface area contributed by atoms with Crippen molar-refractivity contribution in [1.29, 1.82) is 0 Å². The summed E-state index contributed by atoms with van der Waals surface area (Å²) in [6.45, 7) is 14.7. The number of aromatic nitrogens is 2. The predicted octanol–water partition coefficient (Wildman–Crippen LogP) is 5.15. The molecule has 2 aromatic rings. The number of nitrogens with zero attached hydrogens (tertiary/aromatic N) is 2. The van der Waals surface area contributed by atoms with Crippen LogP contribution in [0.15, 0.2) is 40.2 Å². The van der Waals surface area contributed by atoms with E-state index in [1.54, 1.807) is 16.4 Å². The summed E-state index contributed by atoms with van der Waals surface area (Å²) in [6.07, 6.45) is 2.57. The second-order valence-corrected chi connectivity index (χ2v) is 9.48. The molecule has 4 heteroatoms. The molecule has 25 heavy (non-hydrogen) atoms. The lowest BCUT2D eigenvalue weighted by molar-refractivity contribution is 0.334. The third-order valence-corrected chi connectivity index (χ3v) is 5.38. The summed E-state index contributed by atoms with van der Waals surface area (Å²) in [7, 11) is 0. The first kappa shape index (κ1) is 19.8. The molecule has 1 heterocycles. The van der Waals surface area contributed by atoms with Crippen molar-refractivity contribution < 1.29 is 0 Å². The van der Waals surface area contributed by atoms with Crippen LogP contribution in [0.1, 0.15) is 65.2 Å². The van der Waals surface area contributed by atoms with Crippen molar-refractivity contribution in [2.75, 3.05) is 0 Å². The van der Waals surface area contributed by atoms with E-state index in [1.807, 2.05) is 33.9 Å². The molecular weight excluding hydrogens is 328 g/mol. The van der Waals surface area contributed by atoms with Crippen LogP contribution in [0.25, 0.3) is 0 Å². The minimum atomic E-state index is -0.299. The fraction of sp³-hybridized carbons (Fsp3) is 0.524. The molecule has 2 rings (SSSR count). The Morgan fingerprint density at radius 3 is 2.12 bits per heavy atom. The van der Waals surface area contributed by atoms with Crippen LogP contribution in [0.2, 0.25) is 0 Å². The van der Waals surface area contributed by atoms with E-state index in [0.29, 0.717) is 0 Å². The lowest BCUT2D eigenvalue weighted by atomic mass is 9.87. The molecule has 1 aromatic carbocycles. The third kappa shape index (κ3) is 4.75. The van der Waals surface area contributed by atoms with Gasteiger partial charge in [0.25, 0.3) is 5.56 Å². The zero-order chi connectivity index (χ0) is 18.8. The van der Waals surface area contributed by atoms with Gasteiger partial charge in [-0.3, -0.25) is 4.79 Å². The SMILES string of the molecule is CCc1c(SCc2ccc(C(C)(C)C)cc2)cnn(C(C)(C)C)c1=O. The number of hydrogen-bond donors (Lipinski definition) is 0. The van der Waals surface area contributed by atoms with Crippen LogP contribution in [-0.2, 0) is 23.1 Å². The minimum Gasteiger partial charge on any atom is -0.267 e. The van der Waals surface area contributed by atoms with Gasteiger partial charge in [0.2, 0.25) is 0 Å². The number of thioether (sulfide) groups is 1. The molecule has 0 unspecified atom stereocenters. The molecule has 1 aromatic heterocycles. The van der Waals surface area contributed by atoms with Gasteiger partial charge < -0.3 is 0 Å². The molecule has 0 radical (unpaired) electrons. The lowest BCUT2D eigenvalue weighted by Crippen LogP contribution is -2.37. The maximum atomic E-state index is 12.7. The number of hydrogen-bond acceptors (Lipinski definition) is 3. The van der Waals surface area contributed by atoms with Crippen molar-refractivity contribution in [3.63, 3.8) is 0 Å². The molecule has 0 amide bonds. The molecule has 0 saturated heterocycles. The van der Waals surface area contributed by atoms with Gasteiger partial charge in [-0.05, 0) is 43.7 Å². The summed E-state index contributed by atoms with van der Waals surface area (Å²) in [5, 5.41) is 4.40. The highest BCUT2D eigenvalue weighted by molar-refractivity contribution is 7.98. The molecule has 3 nitrogen and oxygen atoms in total. The van der Waals surface area contributed by atoms with Crippen LogP contribution >= 0.6 is 11.8 Å². The first-order valence-electron chi connectivity index (χ1n) is 8.88. The summed E-state index contributed by atoms with van der Waals surface area (Å²) in [4.78, 5) is 13.7. The molecule has 0 atom stereocenters. The van der Waals surface area contributed by atoms with Gasteiger partial charge in [0.15, 0.2) is 0 Å². The van der Waals surface area contributed by atoms with Crippen LogP contribution in [0.5, 0.6) is 0 Å². The van der Waals surface area contributed by atoms with Gasteiger partial charge in [-0.1, -0.05) is 52.0 Å². The second-order valence-electron chi connectivity index (χ2n) is 8.46. The van der Waals surface area contributed by atoms with Crippen molar-refractivity contribution in [3.8, 4) is 0 Å². The highest BCUT2D eigenvalue weighted by atomic mass is 32.2. The van der Waals surface area contributed by atoms with Gasteiger partial charge in [0, 0.05) is 16.2 Å². The zero-order valence-electron chi connectivity index (χ0n) is 16.5. The molecule has 0 aliphatic rings. The molecule has 0 fully saturated rings. The molecular formula is C21H30N2OS. The van der Waals surface area contributed by atoms with Crippen LogP contribution in [0.3, 0.4) is 0 Å². The molecule has 0 saturated carbocycles. The Morgan fingerprint density at radius 2 is 1.64 bits per heavy atom. The Bertz CT molecular complexity index is 778. The van der Waals surface area contributed by atoms with E-state index in [9.17, 15) is 4.79 Å². The van der Waals surface area contributed by atoms with Gasteiger partial charge in [0.05, 0.1) is 11.7 Å². The van der Waals surface area contributed by atoms with Crippen LogP contribution in [-0.4, -0.2) is 9.78 Å². The Kier molecular flexibility index (Phi) is 5.82. The second kappa shape index (κ2) is 7.36. The van der Waals surface area contributed by atoms with Crippen LogP contribution < -0.4 is 5.56 Å². The summed E-state index contributed by atoms with van der Waals surface area (Å²) in [5.41, 5.74) is 3.37. The summed E-state index contributed by atoms with van der Waals surface area (Å²) in [6, 6.07) is 8.77. The summed E-state index contributed by atoms with van der Waals surface area (Å²) < 4.78 is 1.59. The molecule has 0 N–H and O–H groups in total. The van der Waals surface area contributed by atoms with E-state index in [2.05, 4.69) is 50.1 Å². The first-order chi connectivity index (χ1) is 11.5. The Balaban J connectivity index is 2.21. The predicted molar refractivity (Wildman–Crippen MR) is 108 cm³/mol. The maximum Gasteiger partial charge on any atom is 0.271 e. The fourth-order valence-corrected chi connectivity index (χ4v) is 3.71. The third-order valence-electron chi connectivity index (χ3n) is 4.24. The highest BCUT2D eigenvalue weighted by Crippen LogP contribution is 2.27. The van der Waals surface area contributed by atoms with E-state index in [1.165, 1.54) is 11.1 Å². The van der Waals surface area contributed by atoms with Crippen molar-refractivity contribution in [2.45, 2.75) is 76.5 Å². The van der Waals surface area contributed by atoms with Gasteiger partial charge in [-0.15, -0.1) is 11.8 Å². The summed E-state index contributed by atoms with van der Waals surface area (Å²) >= 11 is 1.70. The van der Waals surface area contributed by atoms with E-state index >= 15 is 0 Å². The van der Waals surface area contributed by atoms with Gasteiger partial charge in [-0.25, -0.2) is 4.68 Å². The molecule has 0 aliphatic carbocycles. The molecule has 136 valence electrons. The van der Waals surface area contributed by atoms with E-state index < -0.39 is 0 Å². The fourth-order valence-electron chi connectivity index (χ4n) is 2.66. The van der Waals surface area contributed by atoms with Crippen LogP contribution in [0.4, 0.5) is 0 Å². The largest absolute Gasteiger partial charge is 0.271 e. The zero-order valence-corrected chi connectivity index (χ0v) is 17.3. The number of rotatable bonds is 4. The van der Waals surface area contributed by atoms with Gasteiger partial charge in [0.1, 0.15) is 0 Å². The lowest BCUT2D eigenvalue weighted by Gasteiger charge is -2.22. The maximum absolute atomic E-state index is 12.7. The minimum absolute atomic E-state index is 0.0306. The normalized spacial score (nSPS) is 12.4. The van der Waals surface area contributed by atoms with Crippen LogP contribution in [0, 0.1) is 0 Å². The van der Waals surface area contributed by atoms with E-state index in [0.717, 1.165) is 22.6 Å². The molecule has 0 aliphatic heterocycles. The Morgan fingerprint density at radius 1 is 1.04 bits per heavy atom. The monoisotopic (exact) mass is 358 g/mol. The van der Waals surface area contributed by atoms with Crippen molar-refractivity contribution in [3.05, 3.63) is 57.5 Å². The standard InChI is InChI=1S/C21H30N2OS/c1-8-17-18(13-22-23(19(17)24)21(5,6)7)25-14-15-9-11-16(12-10-15)20(2,3)4/h9-13H,8,14H2,1-7H3. The Hall–Kier alpha value is -1.55. The average molecular weight is 359 g/mol. The highest BCUT2D eigenvalue weighted by Gasteiger charge is 2.19. The average Bonchev–Trinajstić information content (AvgIpc) is 2.51. The van der Waals surface area contributed by atoms with E-state index in [-0.39, 0.29) is 16.5 Å². The van der Waals surface area contributed by atoms with Gasteiger partial charge in [-0.2, -0.15) is 5.10 Å². The smallest absolute Gasteiger partial charge is 0.267 e. The topological polar surface area (TPSA) is 34.9 Å².